The fourth-order valence-electron chi connectivity index (χ4n) is 5.48. The van der Waals surface area contributed by atoms with E-state index in [-0.39, 0.29) is 22.2 Å². The molecule has 0 bridgehead atoms. The second-order valence-corrected chi connectivity index (χ2v) is 12.6. The zero-order chi connectivity index (χ0) is 24.7. The Balaban J connectivity index is 1.50. The molecule has 2 aliphatic rings. The normalized spacial score (nSPS) is 18.3. The highest BCUT2D eigenvalue weighted by Crippen LogP contribution is 2.49. The summed E-state index contributed by atoms with van der Waals surface area (Å²) in [5.41, 5.74) is 5.31. The van der Waals surface area contributed by atoms with E-state index in [0.29, 0.717) is 6.42 Å². The maximum absolute atomic E-state index is 13.3. The van der Waals surface area contributed by atoms with Gasteiger partial charge < -0.3 is 9.64 Å². The zero-order valence-electron chi connectivity index (χ0n) is 22.2. The third-order valence-electron chi connectivity index (χ3n) is 7.55. The van der Waals surface area contributed by atoms with E-state index in [0.717, 1.165) is 50.5 Å². The second kappa shape index (κ2) is 9.03. The number of benzene rings is 2. The minimum Gasteiger partial charge on any atom is -0.497 e. The molecule has 184 valence electrons. The van der Waals surface area contributed by atoms with Gasteiger partial charge in [0, 0.05) is 30.6 Å². The van der Waals surface area contributed by atoms with Gasteiger partial charge in [-0.05, 0) is 71.7 Å². The van der Waals surface area contributed by atoms with Gasteiger partial charge in [-0.3, -0.25) is 9.69 Å². The minimum absolute atomic E-state index is 0.0179. The summed E-state index contributed by atoms with van der Waals surface area (Å²) in [5, 5.41) is 0. The van der Waals surface area contributed by atoms with Gasteiger partial charge in [0.1, 0.15) is 5.75 Å². The molecular weight excluding hydrogens is 420 g/mol. The Morgan fingerprint density at radius 2 is 1.62 bits per heavy atom. The fourth-order valence-corrected chi connectivity index (χ4v) is 5.48. The van der Waals surface area contributed by atoms with E-state index in [4.69, 9.17) is 4.74 Å². The van der Waals surface area contributed by atoms with Crippen LogP contribution in [-0.2, 0) is 22.2 Å². The minimum atomic E-state index is -0.0224. The largest absolute Gasteiger partial charge is 0.497 e. The summed E-state index contributed by atoms with van der Waals surface area (Å²) in [7, 11) is 1.72. The Hall–Kier alpha value is -2.33. The van der Waals surface area contributed by atoms with Crippen LogP contribution in [0.25, 0.3) is 0 Å². The Bertz CT molecular complexity index is 1020. The van der Waals surface area contributed by atoms with Crippen molar-refractivity contribution in [2.75, 3.05) is 31.6 Å². The number of hydrogen-bond donors (Lipinski definition) is 0. The van der Waals surface area contributed by atoms with E-state index in [9.17, 15) is 4.79 Å². The molecule has 1 saturated heterocycles. The number of carbonyl (C=O) groups is 1. The third kappa shape index (κ3) is 5.17. The number of rotatable bonds is 4. The number of nitrogens with zero attached hydrogens (tertiary/aromatic N) is 2. The molecule has 4 heteroatoms. The van der Waals surface area contributed by atoms with Crippen molar-refractivity contribution in [3.63, 3.8) is 0 Å². The number of ether oxygens (including phenoxy) is 1. The second-order valence-electron chi connectivity index (χ2n) is 12.6. The number of likely N-dealkylation sites (tertiary alicyclic amines) is 1. The lowest BCUT2D eigenvalue weighted by Crippen LogP contribution is -2.46. The molecule has 4 rings (SSSR count). The Morgan fingerprint density at radius 3 is 2.18 bits per heavy atom. The number of amides is 1. The third-order valence-corrected chi connectivity index (χ3v) is 7.55. The zero-order valence-corrected chi connectivity index (χ0v) is 22.2. The monoisotopic (exact) mass is 462 g/mol. The lowest BCUT2D eigenvalue weighted by atomic mass is 9.74. The highest BCUT2D eigenvalue weighted by Gasteiger charge is 2.46. The van der Waals surface area contributed by atoms with Gasteiger partial charge in [0.05, 0.1) is 7.11 Å². The smallest absolute Gasteiger partial charge is 0.227 e. The molecule has 2 heterocycles. The molecule has 1 amide bonds. The highest BCUT2D eigenvalue weighted by molar-refractivity contribution is 5.96. The summed E-state index contributed by atoms with van der Waals surface area (Å²) in [6.07, 6.45) is 2.68. The lowest BCUT2D eigenvalue weighted by Gasteiger charge is -2.40. The first-order valence-electron chi connectivity index (χ1n) is 12.7. The van der Waals surface area contributed by atoms with Crippen molar-refractivity contribution in [3.8, 4) is 5.75 Å². The quantitative estimate of drug-likeness (QED) is 0.534. The van der Waals surface area contributed by atoms with Gasteiger partial charge in [-0.1, -0.05) is 65.8 Å². The summed E-state index contributed by atoms with van der Waals surface area (Å²) < 4.78 is 5.57. The predicted molar refractivity (Wildman–Crippen MR) is 141 cm³/mol. The summed E-state index contributed by atoms with van der Waals surface area (Å²) in [6.45, 7) is 17.0. The van der Waals surface area contributed by atoms with Crippen LogP contribution in [0.2, 0.25) is 0 Å². The van der Waals surface area contributed by atoms with E-state index in [1.807, 2.05) is 6.07 Å². The molecule has 1 spiro atoms. The van der Waals surface area contributed by atoms with Gasteiger partial charge in [-0.25, -0.2) is 0 Å². The van der Waals surface area contributed by atoms with Crippen LogP contribution in [0.15, 0.2) is 42.5 Å². The van der Waals surface area contributed by atoms with E-state index in [1.54, 1.807) is 7.11 Å². The van der Waals surface area contributed by atoms with Crippen molar-refractivity contribution in [2.45, 2.75) is 78.2 Å². The van der Waals surface area contributed by atoms with Crippen LogP contribution in [0.5, 0.6) is 5.75 Å². The van der Waals surface area contributed by atoms with Gasteiger partial charge in [0.25, 0.3) is 0 Å². The molecule has 0 unspecified atom stereocenters. The number of hydrogen-bond acceptors (Lipinski definition) is 3. The molecule has 0 aliphatic carbocycles. The van der Waals surface area contributed by atoms with Crippen LogP contribution >= 0.6 is 0 Å². The molecular formula is C30H42N2O2. The van der Waals surface area contributed by atoms with Crippen LogP contribution in [0.3, 0.4) is 0 Å². The first-order chi connectivity index (χ1) is 15.9. The molecule has 4 nitrogen and oxygen atoms in total. The Kier molecular flexibility index (Phi) is 6.58. The van der Waals surface area contributed by atoms with Crippen molar-refractivity contribution in [1.29, 1.82) is 0 Å². The maximum atomic E-state index is 13.3. The van der Waals surface area contributed by atoms with Gasteiger partial charge in [-0.2, -0.15) is 0 Å². The Labute approximate surface area is 206 Å². The SMILES string of the molecule is COc1ccc2c(c1)C1(CCN(Cc3ccc(C(C)(C)C)cc3)CC1)CN2C(=O)CC(C)(C)C. The predicted octanol–water partition coefficient (Wildman–Crippen LogP) is 6.31. The van der Waals surface area contributed by atoms with E-state index >= 15 is 0 Å². The number of piperidine rings is 1. The summed E-state index contributed by atoms with van der Waals surface area (Å²) in [6, 6.07) is 15.4. The van der Waals surface area contributed by atoms with Crippen LogP contribution in [0.1, 0.15) is 77.5 Å². The molecule has 2 aliphatic heterocycles. The molecule has 2 aromatic rings. The molecule has 34 heavy (non-hydrogen) atoms. The Morgan fingerprint density at radius 1 is 0.971 bits per heavy atom. The average molecular weight is 463 g/mol. The van der Waals surface area contributed by atoms with Gasteiger partial charge in [0.15, 0.2) is 0 Å². The fraction of sp³-hybridized carbons (Fsp3) is 0.567. The van der Waals surface area contributed by atoms with Crippen molar-refractivity contribution >= 4 is 11.6 Å². The average Bonchev–Trinajstić information content (AvgIpc) is 3.08. The van der Waals surface area contributed by atoms with E-state index in [1.165, 1.54) is 16.7 Å². The first kappa shape index (κ1) is 24.8. The van der Waals surface area contributed by atoms with Crippen molar-refractivity contribution in [1.82, 2.24) is 4.90 Å². The molecule has 0 N–H and O–H groups in total. The molecule has 0 radical (unpaired) electrons. The van der Waals surface area contributed by atoms with Gasteiger partial charge >= 0.3 is 0 Å². The van der Waals surface area contributed by atoms with E-state index in [2.05, 4.69) is 87.7 Å². The first-order valence-corrected chi connectivity index (χ1v) is 12.7. The number of methoxy groups -OCH3 is 1. The molecule has 0 aromatic heterocycles. The van der Waals surface area contributed by atoms with Crippen LogP contribution < -0.4 is 9.64 Å². The topological polar surface area (TPSA) is 32.8 Å². The number of anilines is 1. The summed E-state index contributed by atoms with van der Waals surface area (Å²) in [4.78, 5) is 17.9. The molecule has 1 fully saturated rings. The van der Waals surface area contributed by atoms with Crippen LogP contribution in [0.4, 0.5) is 5.69 Å². The van der Waals surface area contributed by atoms with Crippen molar-refractivity contribution in [3.05, 3.63) is 59.2 Å². The highest BCUT2D eigenvalue weighted by atomic mass is 16.5. The standard InChI is InChI=1S/C30H42N2O2/c1-28(2,3)19-27(33)32-21-30(25-18-24(34-7)12-13-26(25)32)14-16-31(17-15-30)20-22-8-10-23(11-9-22)29(4,5)6/h8-13,18H,14-17,19-21H2,1-7H3. The molecule has 0 saturated carbocycles. The summed E-state index contributed by atoms with van der Waals surface area (Å²) >= 11 is 0. The van der Waals surface area contributed by atoms with Gasteiger partial charge in [-0.15, -0.1) is 0 Å². The van der Waals surface area contributed by atoms with Crippen LogP contribution in [-0.4, -0.2) is 37.6 Å². The van der Waals surface area contributed by atoms with E-state index < -0.39 is 0 Å². The number of fused-ring (bicyclic) bond motifs is 2. The van der Waals surface area contributed by atoms with Crippen molar-refractivity contribution in [2.24, 2.45) is 5.41 Å². The summed E-state index contributed by atoms with van der Waals surface area (Å²) in [5.74, 6) is 1.11. The van der Waals surface area contributed by atoms with Gasteiger partial charge in [0.2, 0.25) is 5.91 Å². The number of carbonyl (C=O) groups excluding carboxylic acids is 1. The maximum Gasteiger partial charge on any atom is 0.227 e. The molecule has 2 aromatic carbocycles. The molecule has 0 atom stereocenters. The van der Waals surface area contributed by atoms with Crippen LogP contribution in [0, 0.1) is 5.41 Å². The van der Waals surface area contributed by atoms with Crippen molar-refractivity contribution < 1.29 is 9.53 Å². The lowest BCUT2D eigenvalue weighted by molar-refractivity contribution is -0.120.